The van der Waals surface area contributed by atoms with Crippen LogP contribution in [0.4, 0.5) is 0 Å². The Balaban J connectivity index is 1.96. The fourth-order valence-corrected chi connectivity index (χ4v) is 3.03. The van der Waals surface area contributed by atoms with Crippen LogP contribution < -0.4 is 4.74 Å². The maximum Gasteiger partial charge on any atom is 0.311 e. The highest BCUT2D eigenvalue weighted by Crippen LogP contribution is 2.35. The van der Waals surface area contributed by atoms with Crippen molar-refractivity contribution in [3.8, 4) is 5.75 Å². The van der Waals surface area contributed by atoms with E-state index in [9.17, 15) is 14.7 Å². The molecule has 1 aromatic heterocycles. The highest BCUT2D eigenvalue weighted by atomic mass is 16.5. The Morgan fingerprint density at radius 2 is 2.13 bits per heavy atom. The summed E-state index contributed by atoms with van der Waals surface area (Å²) in [6, 6.07) is 5.49. The van der Waals surface area contributed by atoms with Gasteiger partial charge in [0.05, 0.1) is 12.5 Å². The molecule has 0 aliphatic carbocycles. The van der Waals surface area contributed by atoms with Crippen LogP contribution in [0.15, 0.2) is 22.6 Å². The second-order valence-corrected chi connectivity index (χ2v) is 6.24. The molecule has 1 unspecified atom stereocenters. The van der Waals surface area contributed by atoms with Gasteiger partial charge in [0, 0.05) is 24.0 Å². The van der Waals surface area contributed by atoms with Gasteiger partial charge in [-0.05, 0) is 26.3 Å². The number of likely N-dealkylation sites (tertiary alicyclic amines) is 1. The first-order valence-electron chi connectivity index (χ1n) is 7.46. The smallest absolute Gasteiger partial charge is 0.311 e. The number of aryl methyl sites for hydroxylation is 1. The number of ether oxygens (including phenoxy) is 1. The van der Waals surface area contributed by atoms with Crippen molar-refractivity contribution in [2.45, 2.75) is 20.3 Å². The summed E-state index contributed by atoms with van der Waals surface area (Å²) in [5.74, 6) is -0.331. The Bertz CT molecular complexity index is 794. The average Bonchev–Trinajstić information content (AvgIpc) is 3.09. The van der Waals surface area contributed by atoms with Crippen LogP contribution in [0, 0.1) is 12.3 Å². The lowest BCUT2D eigenvalue weighted by molar-refractivity contribution is -0.147. The number of carbonyl (C=O) groups is 2. The molecule has 1 saturated heterocycles. The van der Waals surface area contributed by atoms with Crippen LogP contribution in [0.5, 0.6) is 5.75 Å². The van der Waals surface area contributed by atoms with E-state index in [1.807, 2.05) is 19.1 Å². The molecule has 0 saturated carbocycles. The molecular formula is C17H19NO5. The summed E-state index contributed by atoms with van der Waals surface area (Å²) in [6.07, 6.45) is 0.441. The van der Waals surface area contributed by atoms with E-state index < -0.39 is 11.4 Å². The highest BCUT2D eigenvalue weighted by molar-refractivity contribution is 6.00. The third kappa shape index (κ3) is 2.34. The Labute approximate surface area is 133 Å². The lowest BCUT2D eigenvalue weighted by Crippen LogP contribution is -2.34. The van der Waals surface area contributed by atoms with Crippen molar-refractivity contribution >= 4 is 22.8 Å². The van der Waals surface area contributed by atoms with E-state index in [2.05, 4.69) is 0 Å². The third-order valence-corrected chi connectivity index (χ3v) is 4.62. The number of para-hydroxylation sites is 1. The van der Waals surface area contributed by atoms with Gasteiger partial charge in [-0.2, -0.15) is 0 Å². The summed E-state index contributed by atoms with van der Waals surface area (Å²) in [6.45, 7) is 4.09. The number of rotatable bonds is 3. The number of amides is 1. The molecule has 1 atom stereocenters. The predicted molar refractivity (Wildman–Crippen MR) is 83.8 cm³/mol. The standard InChI is InChI=1S/C17H19NO5/c1-10-11-5-4-6-12(22-3)14(11)23-13(10)15(19)18-8-7-17(2,9-18)16(20)21/h4-6H,7-9H2,1-3H3,(H,20,21). The monoisotopic (exact) mass is 317 g/mol. The van der Waals surface area contributed by atoms with Crippen LogP contribution in [-0.2, 0) is 4.79 Å². The number of hydrogen-bond acceptors (Lipinski definition) is 4. The topological polar surface area (TPSA) is 80.0 Å². The van der Waals surface area contributed by atoms with Gasteiger partial charge in [0.15, 0.2) is 17.1 Å². The highest BCUT2D eigenvalue weighted by Gasteiger charge is 2.43. The first kappa shape index (κ1) is 15.4. The van der Waals surface area contributed by atoms with Crippen LogP contribution in [0.3, 0.4) is 0 Å². The lowest BCUT2D eigenvalue weighted by atomic mass is 9.90. The molecule has 1 fully saturated rings. The molecule has 1 aromatic carbocycles. The van der Waals surface area contributed by atoms with Crippen LogP contribution in [0.25, 0.3) is 11.0 Å². The van der Waals surface area contributed by atoms with Gasteiger partial charge in [-0.15, -0.1) is 0 Å². The van der Waals surface area contributed by atoms with E-state index in [1.54, 1.807) is 25.0 Å². The zero-order chi connectivity index (χ0) is 16.8. The van der Waals surface area contributed by atoms with Crippen molar-refractivity contribution in [1.82, 2.24) is 4.90 Å². The molecular weight excluding hydrogens is 298 g/mol. The van der Waals surface area contributed by atoms with Gasteiger partial charge in [-0.25, -0.2) is 0 Å². The minimum absolute atomic E-state index is 0.189. The predicted octanol–water partition coefficient (Wildman–Crippen LogP) is 2.69. The fraction of sp³-hybridized carbons (Fsp3) is 0.412. The molecule has 0 radical (unpaired) electrons. The van der Waals surface area contributed by atoms with Gasteiger partial charge in [-0.3, -0.25) is 9.59 Å². The van der Waals surface area contributed by atoms with E-state index in [1.165, 1.54) is 0 Å². The number of carboxylic acid groups (broad SMARTS) is 1. The molecule has 23 heavy (non-hydrogen) atoms. The minimum Gasteiger partial charge on any atom is -0.493 e. The van der Waals surface area contributed by atoms with E-state index >= 15 is 0 Å². The van der Waals surface area contributed by atoms with E-state index in [-0.39, 0.29) is 18.2 Å². The van der Waals surface area contributed by atoms with Crippen molar-refractivity contribution in [2.24, 2.45) is 5.41 Å². The number of nitrogens with zero attached hydrogens (tertiary/aromatic N) is 1. The molecule has 6 heteroatoms. The maximum atomic E-state index is 12.7. The molecule has 1 aliphatic rings. The van der Waals surface area contributed by atoms with Gasteiger partial charge >= 0.3 is 5.97 Å². The van der Waals surface area contributed by atoms with E-state index in [0.29, 0.717) is 24.3 Å². The van der Waals surface area contributed by atoms with Crippen molar-refractivity contribution in [1.29, 1.82) is 0 Å². The van der Waals surface area contributed by atoms with Crippen molar-refractivity contribution in [2.75, 3.05) is 20.2 Å². The minimum atomic E-state index is -0.896. The van der Waals surface area contributed by atoms with Gasteiger partial charge in [0.25, 0.3) is 5.91 Å². The van der Waals surface area contributed by atoms with Crippen LogP contribution in [0.2, 0.25) is 0 Å². The van der Waals surface area contributed by atoms with Crippen molar-refractivity contribution in [3.05, 3.63) is 29.5 Å². The van der Waals surface area contributed by atoms with E-state index in [4.69, 9.17) is 9.15 Å². The molecule has 1 aliphatic heterocycles. The zero-order valence-electron chi connectivity index (χ0n) is 13.4. The summed E-state index contributed by atoms with van der Waals surface area (Å²) >= 11 is 0. The molecule has 2 aromatic rings. The molecule has 122 valence electrons. The number of aliphatic carboxylic acids is 1. The summed E-state index contributed by atoms with van der Waals surface area (Å²) < 4.78 is 11.0. The molecule has 1 amide bonds. The third-order valence-electron chi connectivity index (χ3n) is 4.62. The number of furan rings is 1. The maximum absolute atomic E-state index is 12.7. The zero-order valence-corrected chi connectivity index (χ0v) is 13.4. The Kier molecular flexibility index (Phi) is 3.55. The van der Waals surface area contributed by atoms with E-state index in [0.717, 1.165) is 10.9 Å². The Morgan fingerprint density at radius 1 is 1.39 bits per heavy atom. The number of fused-ring (bicyclic) bond motifs is 1. The number of carboxylic acids is 1. The van der Waals surface area contributed by atoms with Gasteiger partial charge < -0.3 is 19.2 Å². The second-order valence-electron chi connectivity index (χ2n) is 6.24. The molecule has 1 N–H and O–H groups in total. The quantitative estimate of drug-likeness (QED) is 0.941. The molecule has 6 nitrogen and oxygen atoms in total. The normalized spacial score (nSPS) is 20.9. The first-order valence-corrected chi connectivity index (χ1v) is 7.46. The van der Waals surface area contributed by atoms with Crippen LogP contribution in [-0.4, -0.2) is 42.1 Å². The Morgan fingerprint density at radius 3 is 2.74 bits per heavy atom. The summed E-state index contributed by atoms with van der Waals surface area (Å²) in [5.41, 5.74) is 0.386. The number of hydrogen-bond donors (Lipinski definition) is 1. The fourth-order valence-electron chi connectivity index (χ4n) is 3.03. The second kappa shape index (κ2) is 5.30. The summed E-state index contributed by atoms with van der Waals surface area (Å²) in [4.78, 5) is 25.6. The SMILES string of the molecule is COc1cccc2c(C)c(C(=O)N3CCC(C)(C(=O)O)C3)oc12. The van der Waals surface area contributed by atoms with Crippen LogP contribution >= 0.6 is 0 Å². The summed E-state index contributed by atoms with van der Waals surface area (Å²) in [7, 11) is 1.55. The average molecular weight is 317 g/mol. The number of benzene rings is 1. The first-order chi connectivity index (χ1) is 10.9. The summed E-state index contributed by atoms with van der Waals surface area (Å²) in [5, 5.41) is 10.1. The Hall–Kier alpha value is -2.50. The van der Waals surface area contributed by atoms with Gasteiger partial charge in [0.2, 0.25) is 0 Å². The molecule has 0 spiro atoms. The lowest BCUT2D eigenvalue weighted by Gasteiger charge is -2.19. The molecule has 3 rings (SSSR count). The number of carbonyl (C=O) groups excluding carboxylic acids is 1. The van der Waals surface area contributed by atoms with Crippen LogP contribution in [0.1, 0.15) is 29.5 Å². The number of methoxy groups -OCH3 is 1. The molecule has 2 heterocycles. The molecule has 0 bridgehead atoms. The van der Waals surface area contributed by atoms with Gasteiger partial charge in [-0.1, -0.05) is 12.1 Å². The van der Waals surface area contributed by atoms with Gasteiger partial charge in [0.1, 0.15) is 0 Å². The van der Waals surface area contributed by atoms with Crippen molar-refractivity contribution < 1.29 is 23.8 Å². The largest absolute Gasteiger partial charge is 0.493 e. The van der Waals surface area contributed by atoms with Crippen molar-refractivity contribution in [3.63, 3.8) is 0 Å².